The Kier molecular flexibility index (Phi) is 5.95. The molecule has 0 aliphatic carbocycles. The van der Waals surface area contributed by atoms with E-state index in [1.807, 2.05) is 30.3 Å². The summed E-state index contributed by atoms with van der Waals surface area (Å²) in [6.07, 6.45) is 1.77. The first kappa shape index (κ1) is 17.8. The predicted octanol–water partition coefficient (Wildman–Crippen LogP) is 4.45. The van der Waals surface area contributed by atoms with Gasteiger partial charge >= 0.3 is 0 Å². The maximum Gasteiger partial charge on any atom is 0.227 e. The second-order valence-corrected chi connectivity index (χ2v) is 6.89. The number of rotatable bonds is 5. The average Bonchev–Trinajstić information content (AvgIpc) is 2.65. The minimum Gasteiger partial charge on any atom is -0.377 e. The maximum atomic E-state index is 12.3. The highest BCUT2D eigenvalue weighted by Crippen LogP contribution is 2.29. The van der Waals surface area contributed by atoms with Crippen molar-refractivity contribution >= 4 is 28.9 Å². The van der Waals surface area contributed by atoms with Crippen LogP contribution in [0.5, 0.6) is 0 Å². The molecular formula is C20H24ClN3O. The molecule has 1 unspecified atom stereocenters. The minimum absolute atomic E-state index is 0.0796. The highest BCUT2D eigenvalue weighted by atomic mass is 35.5. The van der Waals surface area contributed by atoms with E-state index in [9.17, 15) is 4.79 Å². The van der Waals surface area contributed by atoms with Crippen LogP contribution >= 0.6 is 11.6 Å². The van der Waals surface area contributed by atoms with Gasteiger partial charge in [-0.2, -0.15) is 0 Å². The second-order valence-electron chi connectivity index (χ2n) is 6.48. The smallest absolute Gasteiger partial charge is 0.227 e. The first-order valence-corrected chi connectivity index (χ1v) is 9.14. The van der Waals surface area contributed by atoms with Crippen LogP contribution in [-0.2, 0) is 4.79 Å². The van der Waals surface area contributed by atoms with Gasteiger partial charge in [0.25, 0.3) is 0 Å². The lowest BCUT2D eigenvalue weighted by atomic mass is 9.97. The number of carbonyl (C=O) groups excluding carboxylic acids is 1. The third-order valence-electron chi connectivity index (χ3n) is 4.62. The number of nitrogens with one attached hydrogen (secondary N) is 3. The molecule has 25 heavy (non-hydrogen) atoms. The molecule has 0 aromatic heterocycles. The Labute approximate surface area is 154 Å². The summed E-state index contributed by atoms with van der Waals surface area (Å²) in [5.41, 5.74) is 2.80. The van der Waals surface area contributed by atoms with Crippen LogP contribution in [0.2, 0.25) is 5.02 Å². The largest absolute Gasteiger partial charge is 0.377 e. The van der Waals surface area contributed by atoms with E-state index in [0.29, 0.717) is 5.02 Å². The molecule has 3 rings (SSSR count). The lowest BCUT2D eigenvalue weighted by Crippen LogP contribution is -2.34. The van der Waals surface area contributed by atoms with Crippen molar-refractivity contribution in [2.75, 3.05) is 23.7 Å². The summed E-state index contributed by atoms with van der Waals surface area (Å²) in [5.74, 6) is 0.159. The summed E-state index contributed by atoms with van der Waals surface area (Å²) >= 11 is 6.41. The van der Waals surface area contributed by atoms with Gasteiger partial charge in [-0.25, -0.2) is 0 Å². The fourth-order valence-corrected chi connectivity index (χ4v) is 3.33. The van der Waals surface area contributed by atoms with E-state index < -0.39 is 0 Å². The maximum absolute atomic E-state index is 12.3. The number of halogens is 1. The third kappa shape index (κ3) is 4.74. The van der Waals surface area contributed by atoms with Gasteiger partial charge < -0.3 is 16.0 Å². The molecule has 1 amide bonds. The normalized spacial score (nSPS) is 16.2. The van der Waals surface area contributed by atoms with Gasteiger partial charge in [-0.05, 0) is 56.6 Å². The first-order chi connectivity index (χ1) is 12.1. The summed E-state index contributed by atoms with van der Waals surface area (Å²) < 4.78 is 0. The van der Waals surface area contributed by atoms with E-state index in [0.717, 1.165) is 37.3 Å². The molecule has 5 heteroatoms. The Bertz CT molecular complexity index is 714. The zero-order valence-corrected chi connectivity index (χ0v) is 15.1. The van der Waals surface area contributed by atoms with Crippen LogP contribution in [0.3, 0.4) is 0 Å². The van der Waals surface area contributed by atoms with Gasteiger partial charge in [0.05, 0.1) is 10.7 Å². The highest BCUT2D eigenvalue weighted by molar-refractivity contribution is 6.33. The predicted molar refractivity (Wildman–Crippen MR) is 104 cm³/mol. The van der Waals surface area contributed by atoms with E-state index in [2.05, 4.69) is 35.0 Å². The van der Waals surface area contributed by atoms with Gasteiger partial charge in [0.15, 0.2) is 0 Å². The monoisotopic (exact) mass is 357 g/mol. The molecule has 4 nitrogen and oxygen atoms in total. The number of carbonyl (C=O) groups is 1. The van der Waals surface area contributed by atoms with E-state index in [-0.39, 0.29) is 17.9 Å². The molecule has 0 radical (unpaired) electrons. The molecule has 0 bridgehead atoms. The van der Waals surface area contributed by atoms with Gasteiger partial charge in [0, 0.05) is 17.6 Å². The van der Waals surface area contributed by atoms with Gasteiger partial charge in [-0.15, -0.1) is 0 Å². The van der Waals surface area contributed by atoms with Crippen molar-refractivity contribution in [3.8, 4) is 0 Å². The van der Waals surface area contributed by atoms with Crippen molar-refractivity contribution in [2.24, 2.45) is 5.92 Å². The number of anilines is 2. The van der Waals surface area contributed by atoms with Crippen LogP contribution < -0.4 is 16.0 Å². The minimum atomic E-state index is 0.0796. The van der Waals surface area contributed by atoms with Crippen molar-refractivity contribution in [3.63, 3.8) is 0 Å². The molecule has 1 aliphatic rings. The standard InChI is InChI=1S/C20H24ClN3O/c1-14(15-5-3-2-4-6-15)23-19-8-7-17(13-18(19)21)24-20(25)16-9-11-22-12-10-16/h2-8,13-14,16,22-23H,9-12H2,1H3,(H,24,25). The Hall–Kier alpha value is -2.04. The number of piperidine rings is 1. The van der Waals surface area contributed by atoms with Crippen molar-refractivity contribution < 1.29 is 4.79 Å². The molecule has 1 aliphatic heterocycles. The molecule has 2 aromatic carbocycles. The fraction of sp³-hybridized carbons (Fsp3) is 0.350. The van der Waals surface area contributed by atoms with Crippen molar-refractivity contribution in [1.82, 2.24) is 5.32 Å². The quantitative estimate of drug-likeness (QED) is 0.741. The Morgan fingerprint density at radius 3 is 2.56 bits per heavy atom. The Morgan fingerprint density at radius 2 is 1.88 bits per heavy atom. The lowest BCUT2D eigenvalue weighted by molar-refractivity contribution is -0.120. The zero-order valence-electron chi connectivity index (χ0n) is 14.4. The summed E-state index contributed by atoms with van der Waals surface area (Å²) in [5, 5.41) is 10.3. The van der Waals surface area contributed by atoms with E-state index in [1.54, 1.807) is 6.07 Å². The van der Waals surface area contributed by atoms with Crippen molar-refractivity contribution in [1.29, 1.82) is 0 Å². The van der Waals surface area contributed by atoms with Crippen molar-refractivity contribution in [3.05, 3.63) is 59.1 Å². The number of hydrogen-bond donors (Lipinski definition) is 3. The molecule has 0 saturated carbocycles. The number of hydrogen-bond acceptors (Lipinski definition) is 3. The van der Waals surface area contributed by atoms with Crippen LogP contribution in [0.15, 0.2) is 48.5 Å². The van der Waals surface area contributed by atoms with Gasteiger partial charge in [-0.3, -0.25) is 4.79 Å². The van der Waals surface area contributed by atoms with Crippen LogP contribution in [-0.4, -0.2) is 19.0 Å². The Balaban J connectivity index is 1.63. The van der Waals surface area contributed by atoms with E-state index in [4.69, 9.17) is 11.6 Å². The summed E-state index contributed by atoms with van der Waals surface area (Å²) in [4.78, 5) is 12.3. The van der Waals surface area contributed by atoms with Crippen LogP contribution in [0.25, 0.3) is 0 Å². The van der Waals surface area contributed by atoms with Gasteiger partial charge in [0.1, 0.15) is 0 Å². The second kappa shape index (κ2) is 8.37. The van der Waals surface area contributed by atoms with Gasteiger partial charge in [0.2, 0.25) is 5.91 Å². The summed E-state index contributed by atoms with van der Waals surface area (Å²) in [6, 6.07) is 16.0. The molecule has 1 fully saturated rings. The van der Waals surface area contributed by atoms with Crippen LogP contribution in [0.1, 0.15) is 31.4 Å². The topological polar surface area (TPSA) is 53.2 Å². The van der Waals surface area contributed by atoms with E-state index >= 15 is 0 Å². The van der Waals surface area contributed by atoms with Gasteiger partial charge in [-0.1, -0.05) is 41.9 Å². The molecule has 1 atom stereocenters. The van der Waals surface area contributed by atoms with E-state index in [1.165, 1.54) is 5.56 Å². The third-order valence-corrected chi connectivity index (χ3v) is 4.93. The van der Waals surface area contributed by atoms with Crippen LogP contribution in [0.4, 0.5) is 11.4 Å². The summed E-state index contributed by atoms with van der Waals surface area (Å²) in [6.45, 7) is 3.90. The number of benzene rings is 2. The lowest BCUT2D eigenvalue weighted by Gasteiger charge is -2.22. The average molecular weight is 358 g/mol. The van der Waals surface area contributed by atoms with Crippen LogP contribution in [0, 0.1) is 5.92 Å². The molecule has 2 aromatic rings. The fourth-order valence-electron chi connectivity index (χ4n) is 3.10. The number of amides is 1. The zero-order chi connectivity index (χ0) is 17.6. The summed E-state index contributed by atoms with van der Waals surface area (Å²) in [7, 11) is 0. The molecule has 1 saturated heterocycles. The molecule has 3 N–H and O–H groups in total. The molecule has 0 spiro atoms. The molecule has 132 valence electrons. The Morgan fingerprint density at radius 1 is 1.16 bits per heavy atom. The molecule has 1 heterocycles. The highest BCUT2D eigenvalue weighted by Gasteiger charge is 2.21. The van der Waals surface area contributed by atoms with Crippen molar-refractivity contribution in [2.45, 2.75) is 25.8 Å². The molecular weight excluding hydrogens is 334 g/mol. The SMILES string of the molecule is CC(Nc1ccc(NC(=O)C2CCNCC2)cc1Cl)c1ccccc1. The first-order valence-electron chi connectivity index (χ1n) is 8.76.